The molecule has 0 atom stereocenters. The summed E-state index contributed by atoms with van der Waals surface area (Å²) in [5.74, 6) is 0.735. The molecule has 0 aromatic carbocycles. The minimum Gasteiger partial charge on any atom is -0.473 e. The molecule has 1 aliphatic carbocycles. The Morgan fingerprint density at radius 2 is 2.20 bits per heavy atom. The summed E-state index contributed by atoms with van der Waals surface area (Å²) in [4.78, 5) is 0. The van der Waals surface area contributed by atoms with Gasteiger partial charge in [-0.05, 0) is 32.6 Å². The van der Waals surface area contributed by atoms with Gasteiger partial charge in [0.05, 0.1) is 6.10 Å². The van der Waals surface area contributed by atoms with E-state index in [4.69, 9.17) is 4.74 Å². The van der Waals surface area contributed by atoms with Gasteiger partial charge in [0.15, 0.2) is 0 Å². The van der Waals surface area contributed by atoms with E-state index >= 15 is 0 Å². The van der Waals surface area contributed by atoms with Crippen molar-refractivity contribution in [2.24, 2.45) is 0 Å². The Hall–Kier alpha value is -1.10. The fraction of sp³-hybridized carbons (Fsp3) is 0.800. The normalized spacial score (nSPS) is 26.5. The quantitative estimate of drug-likeness (QED) is 0.809. The number of hydrogen-bond donors (Lipinski definition) is 1. The van der Waals surface area contributed by atoms with Gasteiger partial charge in [0, 0.05) is 6.54 Å². The summed E-state index contributed by atoms with van der Waals surface area (Å²) in [5, 5.41) is 17.1. The van der Waals surface area contributed by atoms with Crippen molar-refractivity contribution in [1.82, 2.24) is 15.0 Å². The van der Waals surface area contributed by atoms with Crippen LogP contribution in [-0.4, -0.2) is 32.3 Å². The van der Waals surface area contributed by atoms with Crippen LogP contribution in [0.15, 0.2) is 6.20 Å². The van der Waals surface area contributed by atoms with Crippen LogP contribution in [0.4, 0.5) is 0 Å². The summed E-state index contributed by atoms with van der Waals surface area (Å²) in [5.41, 5.74) is 0. The summed E-state index contributed by atoms with van der Waals surface area (Å²) < 4.78 is 7.53. The van der Waals surface area contributed by atoms with E-state index in [1.165, 1.54) is 0 Å². The van der Waals surface area contributed by atoms with Crippen molar-refractivity contribution in [3.8, 4) is 5.88 Å². The Balaban J connectivity index is 1.91. The van der Waals surface area contributed by atoms with Gasteiger partial charge in [-0.25, -0.2) is 4.68 Å². The van der Waals surface area contributed by atoms with E-state index in [1.54, 1.807) is 10.9 Å². The first-order chi connectivity index (χ1) is 7.29. The van der Waals surface area contributed by atoms with Crippen LogP contribution in [0.5, 0.6) is 5.88 Å². The van der Waals surface area contributed by atoms with E-state index < -0.39 is 0 Å². The largest absolute Gasteiger partial charge is 0.473 e. The van der Waals surface area contributed by atoms with E-state index in [-0.39, 0.29) is 12.2 Å². The topological polar surface area (TPSA) is 60.2 Å². The Kier molecular flexibility index (Phi) is 3.20. The summed E-state index contributed by atoms with van der Waals surface area (Å²) in [7, 11) is 0. The van der Waals surface area contributed by atoms with Gasteiger partial charge in [-0.15, -0.1) is 5.10 Å². The van der Waals surface area contributed by atoms with Gasteiger partial charge >= 0.3 is 0 Å². The Morgan fingerprint density at radius 1 is 1.47 bits per heavy atom. The Bertz CT molecular complexity index is 305. The molecule has 0 aliphatic heterocycles. The summed E-state index contributed by atoms with van der Waals surface area (Å²) >= 11 is 0. The van der Waals surface area contributed by atoms with Crippen molar-refractivity contribution in [2.75, 3.05) is 0 Å². The van der Waals surface area contributed by atoms with Gasteiger partial charge in [-0.2, -0.15) is 0 Å². The highest BCUT2D eigenvalue weighted by Crippen LogP contribution is 2.23. The molecule has 1 N–H and O–H groups in total. The molecule has 15 heavy (non-hydrogen) atoms. The molecule has 0 amide bonds. The molecule has 5 heteroatoms. The number of hydrogen-bond acceptors (Lipinski definition) is 4. The second-order valence-electron chi connectivity index (χ2n) is 3.94. The second kappa shape index (κ2) is 4.61. The molecule has 84 valence electrons. The fourth-order valence-corrected chi connectivity index (χ4v) is 1.89. The van der Waals surface area contributed by atoms with Crippen LogP contribution in [0.3, 0.4) is 0 Å². The molecule has 1 aliphatic rings. The summed E-state index contributed by atoms with van der Waals surface area (Å²) in [6.45, 7) is 2.77. The van der Waals surface area contributed by atoms with Gasteiger partial charge in [0.1, 0.15) is 12.3 Å². The van der Waals surface area contributed by atoms with Gasteiger partial charge in [0.2, 0.25) is 5.88 Å². The van der Waals surface area contributed by atoms with E-state index in [0.717, 1.165) is 38.1 Å². The van der Waals surface area contributed by atoms with Crippen LogP contribution >= 0.6 is 0 Å². The van der Waals surface area contributed by atoms with E-state index in [1.807, 2.05) is 6.92 Å². The van der Waals surface area contributed by atoms with Gasteiger partial charge < -0.3 is 9.84 Å². The average Bonchev–Trinajstić information content (AvgIpc) is 2.69. The van der Waals surface area contributed by atoms with E-state index in [0.29, 0.717) is 0 Å². The molecule has 0 bridgehead atoms. The Labute approximate surface area is 89.0 Å². The van der Waals surface area contributed by atoms with Gasteiger partial charge in [-0.1, -0.05) is 5.21 Å². The minimum absolute atomic E-state index is 0.140. The third-order valence-corrected chi connectivity index (χ3v) is 2.81. The summed E-state index contributed by atoms with van der Waals surface area (Å²) in [6, 6.07) is 0. The van der Waals surface area contributed by atoms with Crippen molar-refractivity contribution >= 4 is 0 Å². The number of aryl methyl sites for hydroxylation is 1. The molecular formula is C10H17N3O2. The molecule has 1 fully saturated rings. The van der Waals surface area contributed by atoms with E-state index in [2.05, 4.69) is 10.3 Å². The average molecular weight is 211 g/mol. The zero-order chi connectivity index (χ0) is 10.7. The number of aliphatic hydroxyl groups is 1. The van der Waals surface area contributed by atoms with Crippen molar-refractivity contribution < 1.29 is 9.84 Å². The van der Waals surface area contributed by atoms with Crippen molar-refractivity contribution in [3.63, 3.8) is 0 Å². The molecule has 1 aromatic rings. The lowest BCUT2D eigenvalue weighted by Crippen LogP contribution is -2.27. The predicted molar refractivity (Wildman–Crippen MR) is 54.6 cm³/mol. The van der Waals surface area contributed by atoms with Crippen molar-refractivity contribution in [1.29, 1.82) is 0 Å². The lowest BCUT2D eigenvalue weighted by atomic mass is 9.95. The van der Waals surface area contributed by atoms with Gasteiger partial charge in [-0.3, -0.25) is 0 Å². The maximum absolute atomic E-state index is 9.37. The third kappa shape index (κ3) is 2.47. The lowest BCUT2D eigenvalue weighted by molar-refractivity contribution is 0.0617. The highest BCUT2D eigenvalue weighted by atomic mass is 16.5. The molecule has 0 spiro atoms. The first-order valence-electron chi connectivity index (χ1n) is 5.52. The predicted octanol–water partition coefficient (Wildman–Crippen LogP) is 0.980. The standard InChI is InChI=1S/C10H17N3O2/c1-2-13-10(7-11-12-13)15-9-5-3-8(14)4-6-9/h7-9,14H,2-6H2,1H3/t8-,9-. The maximum Gasteiger partial charge on any atom is 0.232 e. The van der Waals surface area contributed by atoms with E-state index in [9.17, 15) is 5.11 Å². The first kappa shape index (κ1) is 10.4. The molecule has 0 saturated heterocycles. The van der Waals surface area contributed by atoms with Crippen LogP contribution in [0.25, 0.3) is 0 Å². The molecule has 2 rings (SSSR count). The number of ether oxygens (including phenoxy) is 1. The van der Waals surface area contributed by atoms with Crippen LogP contribution in [0.2, 0.25) is 0 Å². The van der Waals surface area contributed by atoms with Crippen LogP contribution in [-0.2, 0) is 6.54 Å². The molecule has 1 aromatic heterocycles. The second-order valence-corrected chi connectivity index (χ2v) is 3.94. The molecule has 1 saturated carbocycles. The minimum atomic E-state index is -0.140. The molecule has 0 unspecified atom stereocenters. The zero-order valence-corrected chi connectivity index (χ0v) is 8.96. The monoisotopic (exact) mass is 211 g/mol. The highest BCUT2D eigenvalue weighted by Gasteiger charge is 2.21. The van der Waals surface area contributed by atoms with Crippen LogP contribution in [0.1, 0.15) is 32.6 Å². The Morgan fingerprint density at radius 3 is 2.87 bits per heavy atom. The SMILES string of the molecule is CCn1nncc1O[C@H]1CC[C@H](O)CC1. The number of aromatic nitrogens is 3. The number of aliphatic hydroxyl groups excluding tert-OH is 1. The fourth-order valence-electron chi connectivity index (χ4n) is 1.89. The summed E-state index contributed by atoms with van der Waals surface area (Å²) in [6.07, 6.45) is 5.20. The number of nitrogens with zero attached hydrogens (tertiary/aromatic N) is 3. The molecule has 1 heterocycles. The first-order valence-corrected chi connectivity index (χ1v) is 5.52. The van der Waals surface area contributed by atoms with Crippen LogP contribution < -0.4 is 4.74 Å². The van der Waals surface area contributed by atoms with Crippen LogP contribution in [0, 0.1) is 0 Å². The number of rotatable bonds is 3. The molecular weight excluding hydrogens is 194 g/mol. The van der Waals surface area contributed by atoms with Crippen molar-refractivity contribution in [2.45, 2.75) is 51.4 Å². The molecule has 0 radical (unpaired) electrons. The van der Waals surface area contributed by atoms with Crippen molar-refractivity contribution in [3.05, 3.63) is 6.20 Å². The molecule has 5 nitrogen and oxygen atoms in total. The smallest absolute Gasteiger partial charge is 0.232 e. The highest BCUT2D eigenvalue weighted by molar-refractivity contribution is 5.02. The zero-order valence-electron chi connectivity index (χ0n) is 8.96. The maximum atomic E-state index is 9.37. The van der Waals surface area contributed by atoms with Gasteiger partial charge in [0.25, 0.3) is 0 Å². The third-order valence-electron chi connectivity index (χ3n) is 2.81. The lowest BCUT2D eigenvalue weighted by Gasteiger charge is -2.25.